The second-order valence-electron chi connectivity index (χ2n) is 6.65. The van der Waals surface area contributed by atoms with E-state index in [1.54, 1.807) is 26.8 Å². The predicted molar refractivity (Wildman–Crippen MR) is 86.4 cm³/mol. The first-order valence-corrected chi connectivity index (χ1v) is 7.60. The highest BCUT2D eigenvalue weighted by atomic mass is 16.6. The van der Waals surface area contributed by atoms with Crippen molar-refractivity contribution in [2.45, 2.75) is 45.4 Å². The Hall–Kier alpha value is -2.64. The molecule has 8 heteroatoms. The van der Waals surface area contributed by atoms with Gasteiger partial charge in [-0.2, -0.15) is 0 Å². The molecule has 1 aromatic rings. The molecule has 0 bridgehead atoms. The van der Waals surface area contributed by atoms with Gasteiger partial charge in [-0.15, -0.1) is 0 Å². The van der Waals surface area contributed by atoms with Crippen LogP contribution < -0.4 is 5.32 Å². The minimum atomic E-state index is -0.709. The maximum Gasteiger partial charge on any atom is 0.411 e. The quantitative estimate of drug-likeness (QED) is 0.658. The zero-order valence-electron chi connectivity index (χ0n) is 14.2. The van der Waals surface area contributed by atoms with Crippen LogP contribution in [0.25, 0.3) is 0 Å². The molecular weight excluding hydrogens is 314 g/mol. The van der Waals surface area contributed by atoms with Gasteiger partial charge in [0.05, 0.1) is 11.5 Å². The van der Waals surface area contributed by atoms with Crippen molar-refractivity contribution in [3.05, 3.63) is 39.4 Å². The molecule has 0 aromatic heterocycles. The number of carbonyl (C=O) groups is 2. The lowest BCUT2D eigenvalue weighted by Gasteiger charge is -2.36. The summed E-state index contributed by atoms with van der Waals surface area (Å²) in [7, 11) is 1.50. The van der Waals surface area contributed by atoms with Crippen LogP contribution in [-0.4, -0.2) is 40.5 Å². The molecule has 0 unspecified atom stereocenters. The predicted octanol–water partition coefficient (Wildman–Crippen LogP) is 2.00. The summed E-state index contributed by atoms with van der Waals surface area (Å²) in [6, 6.07) is 3.77. The maximum absolute atomic E-state index is 12.5. The lowest BCUT2D eigenvalue weighted by atomic mass is 9.93. The lowest BCUT2D eigenvalue weighted by Crippen LogP contribution is -2.53. The zero-order valence-corrected chi connectivity index (χ0v) is 14.2. The summed E-state index contributed by atoms with van der Waals surface area (Å²) in [6.45, 7) is 5.30. The van der Waals surface area contributed by atoms with E-state index in [1.165, 1.54) is 24.1 Å². The van der Waals surface area contributed by atoms with Crippen molar-refractivity contribution < 1.29 is 19.2 Å². The lowest BCUT2D eigenvalue weighted by molar-refractivity contribution is -0.385. The monoisotopic (exact) mass is 335 g/mol. The largest absolute Gasteiger partial charge is 0.444 e. The SMILES string of the molecule is CNC(=O)[C@@H]1Cc2ccc([N+](=O)[O-])cc2CN1C(=O)OC(C)(C)C. The van der Waals surface area contributed by atoms with E-state index in [1.807, 2.05) is 0 Å². The second-order valence-corrected chi connectivity index (χ2v) is 6.65. The van der Waals surface area contributed by atoms with Gasteiger partial charge in [-0.3, -0.25) is 19.8 Å². The van der Waals surface area contributed by atoms with Gasteiger partial charge in [-0.05, 0) is 31.9 Å². The van der Waals surface area contributed by atoms with E-state index in [0.29, 0.717) is 5.56 Å². The van der Waals surface area contributed by atoms with Crippen molar-refractivity contribution in [1.29, 1.82) is 0 Å². The fraction of sp³-hybridized carbons (Fsp3) is 0.500. The first-order chi connectivity index (χ1) is 11.1. The molecule has 1 aromatic carbocycles. The molecule has 24 heavy (non-hydrogen) atoms. The average molecular weight is 335 g/mol. The Morgan fingerprint density at radius 3 is 2.54 bits per heavy atom. The van der Waals surface area contributed by atoms with Crippen molar-refractivity contribution >= 4 is 17.7 Å². The Kier molecular flexibility index (Phi) is 4.77. The van der Waals surface area contributed by atoms with E-state index in [4.69, 9.17) is 4.74 Å². The number of carbonyl (C=O) groups excluding carboxylic acids is 2. The van der Waals surface area contributed by atoms with Gasteiger partial charge >= 0.3 is 6.09 Å². The van der Waals surface area contributed by atoms with Crippen LogP contribution in [0.4, 0.5) is 10.5 Å². The summed E-state index contributed by atoms with van der Waals surface area (Å²) < 4.78 is 5.37. The second kappa shape index (κ2) is 6.46. The molecule has 8 nitrogen and oxygen atoms in total. The average Bonchev–Trinajstić information content (AvgIpc) is 2.50. The number of likely N-dealkylation sites (N-methyl/N-ethyl adjacent to an activating group) is 1. The first kappa shape index (κ1) is 17.7. The van der Waals surface area contributed by atoms with E-state index >= 15 is 0 Å². The standard InChI is InChI=1S/C16H21N3O5/c1-16(2,3)24-15(21)18-9-11-7-12(19(22)23)6-5-10(11)8-13(18)14(20)17-4/h5-7,13H,8-9H2,1-4H3,(H,17,20)/t13-/m0/s1. The highest BCUT2D eigenvalue weighted by molar-refractivity contribution is 5.86. The molecular formula is C16H21N3O5. The van der Waals surface area contributed by atoms with Crippen LogP contribution in [0, 0.1) is 10.1 Å². The van der Waals surface area contributed by atoms with Crippen LogP contribution in [0.15, 0.2) is 18.2 Å². The number of fused-ring (bicyclic) bond motifs is 1. The van der Waals surface area contributed by atoms with Gasteiger partial charge < -0.3 is 10.1 Å². The van der Waals surface area contributed by atoms with Crippen molar-refractivity contribution in [1.82, 2.24) is 10.2 Å². The first-order valence-electron chi connectivity index (χ1n) is 7.60. The molecule has 0 spiro atoms. The van der Waals surface area contributed by atoms with Crippen molar-refractivity contribution in [2.75, 3.05) is 7.05 Å². The Labute approximate surface area is 139 Å². The number of rotatable bonds is 2. The number of non-ortho nitro benzene ring substituents is 1. The molecule has 1 heterocycles. The molecule has 0 fully saturated rings. The number of nitrogens with one attached hydrogen (secondary N) is 1. The van der Waals surface area contributed by atoms with E-state index in [2.05, 4.69) is 5.32 Å². The number of nitro benzene ring substituents is 1. The summed E-state index contributed by atoms with van der Waals surface area (Å²) in [5.41, 5.74) is 0.716. The van der Waals surface area contributed by atoms with Crippen LogP contribution in [0.2, 0.25) is 0 Å². The third kappa shape index (κ3) is 3.81. The van der Waals surface area contributed by atoms with Crippen molar-refractivity contribution in [3.8, 4) is 0 Å². The summed E-state index contributed by atoms with van der Waals surface area (Å²) in [5, 5.41) is 13.5. The van der Waals surface area contributed by atoms with E-state index in [0.717, 1.165) is 5.56 Å². The topological polar surface area (TPSA) is 102 Å². The normalized spacial score (nSPS) is 17.0. The van der Waals surface area contributed by atoms with Crippen molar-refractivity contribution in [3.63, 3.8) is 0 Å². The molecule has 0 radical (unpaired) electrons. The fourth-order valence-electron chi connectivity index (χ4n) is 2.60. The van der Waals surface area contributed by atoms with Gasteiger partial charge in [0.15, 0.2) is 0 Å². The Morgan fingerprint density at radius 1 is 1.33 bits per heavy atom. The Balaban J connectivity index is 2.37. The highest BCUT2D eigenvalue weighted by Crippen LogP contribution is 2.28. The van der Waals surface area contributed by atoms with Gasteiger partial charge in [-0.25, -0.2) is 4.79 Å². The number of amides is 2. The summed E-state index contributed by atoms with van der Waals surface area (Å²) >= 11 is 0. The molecule has 0 saturated heterocycles. The molecule has 1 aliphatic rings. The zero-order chi connectivity index (χ0) is 18.1. The molecule has 2 rings (SSSR count). The van der Waals surface area contributed by atoms with Gasteiger partial charge in [-0.1, -0.05) is 6.07 Å². The Morgan fingerprint density at radius 2 is 2.00 bits per heavy atom. The van der Waals surface area contributed by atoms with E-state index < -0.39 is 22.7 Å². The van der Waals surface area contributed by atoms with Crippen LogP contribution in [-0.2, 0) is 22.5 Å². The number of nitrogens with zero attached hydrogens (tertiary/aromatic N) is 2. The van der Waals surface area contributed by atoms with E-state index in [-0.39, 0.29) is 24.6 Å². The molecule has 1 N–H and O–H groups in total. The van der Waals surface area contributed by atoms with Gasteiger partial charge in [0.1, 0.15) is 11.6 Å². The number of nitro groups is 1. The van der Waals surface area contributed by atoms with Crippen molar-refractivity contribution in [2.24, 2.45) is 0 Å². The smallest absolute Gasteiger partial charge is 0.411 e. The molecule has 1 aliphatic heterocycles. The molecule has 130 valence electrons. The molecule has 0 aliphatic carbocycles. The van der Waals surface area contributed by atoms with Gasteiger partial charge in [0, 0.05) is 25.6 Å². The van der Waals surface area contributed by atoms with Crippen LogP contribution in [0.3, 0.4) is 0 Å². The summed E-state index contributed by atoms with van der Waals surface area (Å²) in [5.74, 6) is -0.301. The van der Waals surface area contributed by atoms with Gasteiger partial charge in [0.2, 0.25) is 5.91 Å². The van der Waals surface area contributed by atoms with Gasteiger partial charge in [0.25, 0.3) is 5.69 Å². The fourth-order valence-corrected chi connectivity index (χ4v) is 2.60. The minimum absolute atomic E-state index is 0.0451. The third-order valence-electron chi connectivity index (χ3n) is 3.71. The number of hydrogen-bond acceptors (Lipinski definition) is 5. The highest BCUT2D eigenvalue weighted by Gasteiger charge is 2.37. The molecule has 1 atom stereocenters. The number of hydrogen-bond donors (Lipinski definition) is 1. The molecule has 0 saturated carbocycles. The maximum atomic E-state index is 12.5. The van der Waals surface area contributed by atoms with Crippen LogP contribution in [0.1, 0.15) is 31.9 Å². The summed E-state index contributed by atoms with van der Waals surface area (Å²) in [4.78, 5) is 36.4. The van der Waals surface area contributed by atoms with E-state index in [9.17, 15) is 19.7 Å². The minimum Gasteiger partial charge on any atom is -0.444 e. The number of ether oxygens (including phenoxy) is 1. The summed E-state index contributed by atoms with van der Waals surface area (Å²) in [6.07, 6.45) is -0.333. The van der Waals surface area contributed by atoms with Crippen LogP contribution >= 0.6 is 0 Å². The molecule has 2 amide bonds. The van der Waals surface area contributed by atoms with Crippen LogP contribution in [0.5, 0.6) is 0 Å². The Bertz CT molecular complexity index is 681. The number of benzene rings is 1. The third-order valence-corrected chi connectivity index (χ3v) is 3.71.